The summed E-state index contributed by atoms with van der Waals surface area (Å²) >= 11 is 1.40. The first kappa shape index (κ1) is 13.7. The Morgan fingerprint density at radius 1 is 1.19 bits per heavy atom. The van der Waals surface area contributed by atoms with E-state index in [0.29, 0.717) is 28.3 Å². The predicted octanol–water partition coefficient (Wildman–Crippen LogP) is 3.34. The number of aromatic hydroxyl groups is 1. The Bertz CT molecular complexity index is 747. The van der Waals surface area contributed by atoms with Gasteiger partial charge in [-0.1, -0.05) is 29.1 Å². The van der Waals surface area contributed by atoms with E-state index in [1.165, 1.54) is 11.8 Å². The van der Waals surface area contributed by atoms with Gasteiger partial charge in [-0.05, 0) is 26.0 Å². The van der Waals surface area contributed by atoms with Crippen LogP contribution in [0.5, 0.6) is 5.75 Å². The third-order valence-electron chi connectivity index (χ3n) is 2.94. The summed E-state index contributed by atoms with van der Waals surface area (Å²) in [5.74, 6) is 2.21. The minimum Gasteiger partial charge on any atom is -0.507 e. The van der Waals surface area contributed by atoms with Crippen LogP contribution >= 0.6 is 11.8 Å². The third-order valence-corrected chi connectivity index (χ3v) is 3.76. The van der Waals surface area contributed by atoms with Crippen molar-refractivity contribution in [3.8, 4) is 17.2 Å². The number of aromatic nitrogens is 3. The molecule has 0 unspecified atom stereocenters. The van der Waals surface area contributed by atoms with E-state index in [-0.39, 0.29) is 5.75 Å². The van der Waals surface area contributed by atoms with Gasteiger partial charge in [-0.25, -0.2) is 4.98 Å². The molecule has 7 heteroatoms. The summed E-state index contributed by atoms with van der Waals surface area (Å²) in [6, 6.07) is 6.83. The lowest BCUT2D eigenvalue weighted by Gasteiger charge is -1.96. The van der Waals surface area contributed by atoms with E-state index >= 15 is 0 Å². The number of benzene rings is 1. The molecule has 0 amide bonds. The molecule has 21 heavy (non-hydrogen) atoms. The molecule has 0 fully saturated rings. The topological polar surface area (TPSA) is 85.2 Å². The van der Waals surface area contributed by atoms with Crippen LogP contribution < -0.4 is 0 Å². The molecule has 2 heterocycles. The summed E-state index contributed by atoms with van der Waals surface area (Å²) in [6.07, 6.45) is 0. The summed E-state index contributed by atoms with van der Waals surface area (Å²) in [7, 11) is 0. The van der Waals surface area contributed by atoms with Crippen LogP contribution in [0.1, 0.15) is 17.3 Å². The molecule has 0 aliphatic carbocycles. The molecule has 1 N–H and O–H groups in total. The Labute approximate surface area is 125 Å². The zero-order valence-corrected chi connectivity index (χ0v) is 12.3. The summed E-state index contributed by atoms with van der Waals surface area (Å²) in [5.41, 5.74) is 1.39. The standard InChI is InChI=1S/C14H13N3O3S/c1-8-9(2)19-14(15-8)21-7-12-16-13(20-17-12)10-5-3-4-6-11(10)18/h3-6,18H,7H2,1-2H3. The second-order valence-corrected chi connectivity index (χ2v) is 5.37. The zero-order chi connectivity index (χ0) is 14.8. The monoisotopic (exact) mass is 303 g/mol. The van der Waals surface area contributed by atoms with Crippen molar-refractivity contribution in [3.63, 3.8) is 0 Å². The fourth-order valence-electron chi connectivity index (χ4n) is 1.71. The molecule has 1 aromatic carbocycles. The van der Waals surface area contributed by atoms with Gasteiger partial charge in [0, 0.05) is 0 Å². The van der Waals surface area contributed by atoms with Gasteiger partial charge in [0.1, 0.15) is 11.5 Å². The average Bonchev–Trinajstić information content (AvgIpc) is 3.05. The number of hydrogen-bond donors (Lipinski definition) is 1. The van der Waals surface area contributed by atoms with Gasteiger partial charge in [-0.3, -0.25) is 0 Å². The Kier molecular flexibility index (Phi) is 3.66. The van der Waals surface area contributed by atoms with Crippen molar-refractivity contribution in [2.45, 2.75) is 24.8 Å². The van der Waals surface area contributed by atoms with Gasteiger partial charge in [-0.2, -0.15) is 4.98 Å². The Morgan fingerprint density at radius 3 is 2.71 bits per heavy atom. The van der Waals surface area contributed by atoms with Gasteiger partial charge in [-0.15, -0.1) is 0 Å². The average molecular weight is 303 g/mol. The van der Waals surface area contributed by atoms with E-state index in [9.17, 15) is 5.11 Å². The van der Waals surface area contributed by atoms with E-state index < -0.39 is 0 Å². The van der Waals surface area contributed by atoms with E-state index in [4.69, 9.17) is 8.94 Å². The molecule has 6 nitrogen and oxygen atoms in total. The van der Waals surface area contributed by atoms with Crippen LogP contribution in [-0.4, -0.2) is 20.2 Å². The highest BCUT2D eigenvalue weighted by Crippen LogP contribution is 2.28. The van der Waals surface area contributed by atoms with Crippen LogP contribution in [0, 0.1) is 13.8 Å². The summed E-state index contributed by atoms with van der Waals surface area (Å²) in [4.78, 5) is 8.53. The van der Waals surface area contributed by atoms with E-state index in [1.807, 2.05) is 13.8 Å². The second kappa shape index (κ2) is 5.61. The van der Waals surface area contributed by atoms with Gasteiger partial charge in [0.2, 0.25) is 0 Å². The van der Waals surface area contributed by atoms with Crippen LogP contribution in [0.15, 0.2) is 38.4 Å². The Hall–Kier alpha value is -2.28. The molecule has 0 saturated carbocycles. The largest absolute Gasteiger partial charge is 0.507 e. The Morgan fingerprint density at radius 2 is 2.00 bits per heavy atom. The second-order valence-electron chi connectivity index (χ2n) is 4.44. The van der Waals surface area contributed by atoms with Crippen molar-refractivity contribution in [2.24, 2.45) is 0 Å². The molecule has 0 spiro atoms. The molecule has 108 valence electrons. The first-order valence-corrected chi connectivity index (χ1v) is 7.30. The van der Waals surface area contributed by atoms with Crippen molar-refractivity contribution >= 4 is 11.8 Å². The minimum atomic E-state index is 0.110. The van der Waals surface area contributed by atoms with Gasteiger partial charge in [0.25, 0.3) is 11.1 Å². The number of thioether (sulfide) groups is 1. The first-order valence-electron chi connectivity index (χ1n) is 6.31. The SMILES string of the molecule is Cc1nc(SCc2noc(-c3ccccc3O)n2)oc1C. The molecule has 0 radical (unpaired) electrons. The molecule has 0 atom stereocenters. The normalized spacial score (nSPS) is 11.0. The predicted molar refractivity (Wildman–Crippen MR) is 76.9 cm³/mol. The number of hydrogen-bond acceptors (Lipinski definition) is 7. The molecule has 3 rings (SSSR count). The van der Waals surface area contributed by atoms with Crippen molar-refractivity contribution in [2.75, 3.05) is 0 Å². The maximum absolute atomic E-state index is 9.76. The molecule has 0 bridgehead atoms. The summed E-state index contributed by atoms with van der Waals surface area (Å²) < 4.78 is 10.6. The minimum absolute atomic E-state index is 0.110. The van der Waals surface area contributed by atoms with Crippen molar-refractivity contribution in [1.29, 1.82) is 0 Å². The fourth-order valence-corrected chi connectivity index (χ4v) is 2.46. The van der Waals surface area contributed by atoms with E-state index in [2.05, 4.69) is 15.1 Å². The van der Waals surface area contributed by atoms with Crippen molar-refractivity contribution in [1.82, 2.24) is 15.1 Å². The third kappa shape index (κ3) is 2.92. The number of rotatable bonds is 4. The Balaban J connectivity index is 1.72. The van der Waals surface area contributed by atoms with Crippen molar-refractivity contribution < 1.29 is 14.0 Å². The number of phenolic OH excluding ortho intramolecular Hbond substituents is 1. The van der Waals surface area contributed by atoms with Crippen LogP contribution in [0.2, 0.25) is 0 Å². The lowest BCUT2D eigenvalue weighted by molar-refractivity contribution is 0.419. The molecule has 2 aromatic heterocycles. The van der Waals surface area contributed by atoms with Crippen LogP contribution in [0.25, 0.3) is 11.5 Å². The molecule has 3 aromatic rings. The van der Waals surface area contributed by atoms with Crippen LogP contribution in [0.3, 0.4) is 0 Å². The number of para-hydroxylation sites is 1. The van der Waals surface area contributed by atoms with Gasteiger partial charge < -0.3 is 14.0 Å². The number of oxazole rings is 1. The lowest BCUT2D eigenvalue weighted by Crippen LogP contribution is -1.84. The van der Waals surface area contributed by atoms with Crippen LogP contribution in [-0.2, 0) is 5.75 Å². The van der Waals surface area contributed by atoms with Gasteiger partial charge in [0.05, 0.1) is 17.0 Å². The molecule has 0 saturated heterocycles. The summed E-state index contributed by atoms with van der Waals surface area (Å²) in [6.45, 7) is 3.77. The maximum atomic E-state index is 9.76. The number of nitrogens with zero attached hydrogens (tertiary/aromatic N) is 3. The first-order chi connectivity index (χ1) is 10.1. The number of phenols is 1. The highest BCUT2D eigenvalue weighted by molar-refractivity contribution is 7.98. The molecular weight excluding hydrogens is 290 g/mol. The highest BCUT2D eigenvalue weighted by Gasteiger charge is 2.13. The van der Waals surface area contributed by atoms with Crippen molar-refractivity contribution in [3.05, 3.63) is 41.5 Å². The van der Waals surface area contributed by atoms with Gasteiger partial charge >= 0.3 is 0 Å². The fraction of sp³-hybridized carbons (Fsp3) is 0.214. The van der Waals surface area contributed by atoms with E-state index in [0.717, 1.165) is 11.5 Å². The smallest absolute Gasteiger partial charge is 0.261 e. The quantitative estimate of drug-likeness (QED) is 0.740. The zero-order valence-electron chi connectivity index (χ0n) is 11.5. The van der Waals surface area contributed by atoms with E-state index in [1.54, 1.807) is 24.3 Å². The number of aryl methyl sites for hydroxylation is 2. The molecule has 0 aliphatic rings. The summed E-state index contributed by atoms with van der Waals surface area (Å²) in [5, 5.41) is 14.2. The highest BCUT2D eigenvalue weighted by atomic mass is 32.2. The molecular formula is C14H13N3O3S. The molecule has 0 aliphatic heterocycles. The maximum Gasteiger partial charge on any atom is 0.261 e. The van der Waals surface area contributed by atoms with Crippen LogP contribution in [0.4, 0.5) is 0 Å². The lowest BCUT2D eigenvalue weighted by atomic mass is 10.2. The van der Waals surface area contributed by atoms with Gasteiger partial charge in [0.15, 0.2) is 5.82 Å².